The van der Waals surface area contributed by atoms with Crippen LogP contribution in [-0.2, 0) is 0 Å². The standard InChI is InChI=1S/C10H18S2/c1-4-5-6-9-8(2)12-7-10(9)11-3/h8H,4-7H2,1-3H3. The van der Waals surface area contributed by atoms with Gasteiger partial charge in [-0.1, -0.05) is 13.3 Å². The monoisotopic (exact) mass is 202 g/mol. The van der Waals surface area contributed by atoms with Crippen molar-refractivity contribution in [3.63, 3.8) is 0 Å². The first-order valence-corrected chi connectivity index (χ1v) is 6.94. The number of hydrogen-bond donors (Lipinski definition) is 0. The number of thioether (sulfide) groups is 2. The maximum atomic E-state index is 2.35. The van der Waals surface area contributed by atoms with Crippen LogP contribution in [-0.4, -0.2) is 17.3 Å². The molecule has 2 heteroatoms. The summed E-state index contributed by atoms with van der Waals surface area (Å²) in [7, 11) is 0. The second-order valence-corrected chi connectivity index (χ2v) is 5.44. The molecule has 0 aliphatic carbocycles. The predicted octanol–water partition coefficient (Wildman–Crippen LogP) is 3.93. The summed E-state index contributed by atoms with van der Waals surface area (Å²) in [6, 6.07) is 0. The third kappa shape index (κ3) is 2.46. The summed E-state index contributed by atoms with van der Waals surface area (Å²) in [5.41, 5.74) is 1.73. The summed E-state index contributed by atoms with van der Waals surface area (Å²) in [6.45, 7) is 4.62. The zero-order valence-corrected chi connectivity index (χ0v) is 9.86. The van der Waals surface area contributed by atoms with Crippen LogP contribution < -0.4 is 0 Å². The molecule has 0 radical (unpaired) electrons. The first-order valence-electron chi connectivity index (χ1n) is 4.67. The molecule has 1 aliphatic rings. The second-order valence-electron chi connectivity index (χ2n) is 3.21. The lowest BCUT2D eigenvalue weighted by Crippen LogP contribution is -1.96. The van der Waals surface area contributed by atoms with Gasteiger partial charge in [-0.25, -0.2) is 0 Å². The van der Waals surface area contributed by atoms with Gasteiger partial charge in [-0.05, 0) is 36.5 Å². The highest BCUT2D eigenvalue weighted by molar-refractivity contribution is 8.06. The molecule has 0 bridgehead atoms. The van der Waals surface area contributed by atoms with Crippen LogP contribution in [0.2, 0.25) is 0 Å². The van der Waals surface area contributed by atoms with Gasteiger partial charge in [0, 0.05) is 11.0 Å². The van der Waals surface area contributed by atoms with E-state index in [9.17, 15) is 0 Å². The molecule has 0 nitrogen and oxygen atoms in total. The number of rotatable bonds is 4. The summed E-state index contributed by atoms with van der Waals surface area (Å²) in [4.78, 5) is 1.65. The van der Waals surface area contributed by atoms with E-state index in [0.29, 0.717) is 0 Å². The van der Waals surface area contributed by atoms with E-state index in [1.54, 1.807) is 10.5 Å². The molecule has 1 atom stereocenters. The van der Waals surface area contributed by atoms with E-state index in [-0.39, 0.29) is 0 Å². The van der Waals surface area contributed by atoms with E-state index >= 15 is 0 Å². The van der Waals surface area contributed by atoms with Gasteiger partial charge in [-0.15, -0.1) is 23.5 Å². The van der Waals surface area contributed by atoms with Crippen molar-refractivity contribution in [3.05, 3.63) is 10.5 Å². The van der Waals surface area contributed by atoms with Gasteiger partial charge in [0.1, 0.15) is 0 Å². The fourth-order valence-electron chi connectivity index (χ4n) is 1.52. The predicted molar refractivity (Wildman–Crippen MR) is 62.0 cm³/mol. The van der Waals surface area contributed by atoms with Crippen LogP contribution in [0.3, 0.4) is 0 Å². The van der Waals surface area contributed by atoms with Gasteiger partial charge in [0.05, 0.1) is 0 Å². The maximum Gasteiger partial charge on any atom is 0.0250 e. The van der Waals surface area contributed by atoms with Crippen molar-refractivity contribution in [2.75, 3.05) is 12.0 Å². The van der Waals surface area contributed by atoms with Crippen molar-refractivity contribution in [2.45, 2.75) is 38.4 Å². The van der Waals surface area contributed by atoms with Gasteiger partial charge in [0.25, 0.3) is 0 Å². The van der Waals surface area contributed by atoms with Crippen LogP contribution in [0, 0.1) is 0 Å². The smallest absolute Gasteiger partial charge is 0.0250 e. The van der Waals surface area contributed by atoms with Gasteiger partial charge in [0.2, 0.25) is 0 Å². The molecule has 1 unspecified atom stereocenters. The Morgan fingerprint density at radius 2 is 2.33 bits per heavy atom. The summed E-state index contributed by atoms with van der Waals surface area (Å²) in [5, 5.41) is 0.791. The zero-order chi connectivity index (χ0) is 8.97. The third-order valence-electron chi connectivity index (χ3n) is 2.36. The highest BCUT2D eigenvalue weighted by Gasteiger charge is 2.20. The Kier molecular flexibility index (Phi) is 4.59. The quantitative estimate of drug-likeness (QED) is 0.677. The Hall–Kier alpha value is 0.440. The number of unbranched alkanes of at least 4 members (excludes halogenated alkanes) is 1. The van der Waals surface area contributed by atoms with Crippen molar-refractivity contribution in [1.82, 2.24) is 0 Å². The molecule has 0 spiro atoms. The number of hydrogen-bond acceptors (Lipinski definition) is 2. The zero-order valence-electron chi connectivity index (χ0n) is 8.22. The van der Waals surface area contributed by atoms with Crippen molar-refractivity contribution in [1.29, 1.82) is 0 Å². The Bertz CT molecular complexity index is 173. The summed E-state index contributed by atoms with van der Waals surface area (Å²) >= 11 is 4.05. The van der Waals surface area contributed by atoms with Crippen molar-refractivity contribution >= 4 is 23.5 Å². The van der Waals surface area contributed by atoms with Crippen LogP contribution in [0.15, 0.2) is 10.5 Å². The molecular weight excluding hydrogens is 184 g/mol. The van der Waals surface area contributed by atoms with Gasteiger partial charge in [0.15, 0.2) is 0 Å². The van der Waals surface area contributed by atoms with Crippen molar-refractivity contribution in [2.24, 2.45) is 0 Å². The van der Waals surface area contributed by atoms with E-state index in [1.165, 1.54) is 25.0 Å². The first kappa shape index (κ1) is 10.5. The summed E-state index contributed by atoms with van der Waals surface area (Å²) in [5.74, 6) is 1.27. The molecule has 0 fully saturated rings. The second kappa shape index (κ2) is 5.23. The average molecular weight is 202 g/mol. The lowest BCUT2D eigenvalue weighted by atomic mass is 10.1. The third-order valence-corrected chi connectivity index (χ3v) is 4.68. The van der Waals surface area contributed by atoms with Crippen LogP contribution in [0.1, 0.15) is 33.1 Å². The van der Waals surface area contributed by atoms with Gasteiger partial charge in [-0.2, -0.15) is 0 Å². The summed E-state index contributed by atoms with van der Waals surface area (Å²) in [6.07, 6.45) is 6.23. The largest absolute Gasteiger partial charge is 0.149 e. The molecule has 1 aliphatic heterocycles. The van der Waals surface area contributed by atoms with Crippen molar-refractivity contribution < 1.29 is 0 Å². The van der Waals surface area contributed by atoms with E-state index in [1.807, 2.05) is 11.8 Å². The molecule has 70 valence electrons. The highest BCUT2D eigenvalue weighted by Crippen LogP contribution is 2.39. The molecule has 0 aromatic rings. The van der Waals surface area contributed by atoms with E-state index in [0.717, 1.165) is 5.25 Å². The van der Waals surface area contributed by atoms with Gasteiger partial charge >= 0.3 is 0 Å². The topological polar surface area (TPSA) is 0 Å². The fourth-order valence-corrected chi connectivity index (χ4v) is 3.86. The minimum atomic E-state index is 0.791. The minimum Gasteiger partial charge on any atom is -0.149 e. The van der Waals surface area contributed by atoms with E-state index in [4.69, 9.17) is 0 Å². The summed E-state index contributed by atoms with van der Waals surface area (Å²) < 4.78 is 0. The van der Waals surface area contributed by atoms with Gasteiger partial charge < -0.3 is 0 Å². The molecule has 0 N–H and O–H groups in total. The molecule has 0 saturated carbocycles. The minimum absolute atomic E-state index is 0.791. The van der Waals surface area contributed by atoms with Crippen LogP contribution in [0.5, 0.6) is 0 Å². The molecule has 12 heavy (non-hydrogen) atoms. The van der Waals surface area contributed by atoms with Gasteiger partial charge in [-0.3, -0.25) is 0 Å². The fraction of sp³-hybridized carbons (Fsp3) is 0.800. The first-order chi connectivity index (χ1) is 5.79. The maximum absolute atomic E-state index is 2.35. The molecular formula is C10H18S2. The Labute approximate surface area is 84.6 Å². The lowest BCUT2D eigenvalue weighted by Gasteiger charge is -2.08. The molecule has 0 aromatic carbocycles. The Morgan fingerprint density at radius 1 is 1.58 bits per heavy atom. The Balaban J connectivity index is 2.54. The molecule has 1 heterocycles. The lowest BCUT2D eigenvalue weighted by molar-refractivity contribution is 0.771. The normalized spacial score (nSPS) is 23.8. The van der Waals surface area contributed by atoms with Crippen LogP contribution in [0.25, 0.3) is 0 Å². The molecule has 1 rings (SSSR count). The van der Waals surface area contributed by atoms with Crippen molar-refractivity contribution in [3.8, 4) is 0 Å². The average Bonchev–Trinajstić information content (AvgIpc) is 2.43. The van der Waals surface area contributed by atoms with Crippen LogP contribution >= 0.6 is 23.5 Å². The Morgan fingerprint density at radius 3 is 2.92 bits per heavy atom. The molecule has 0 saturated heterocycles. The highest BCUT2D eigenvalue weighted by atomic mass is 32.2. The SMILES string of the molecule is CCCCC1=C(SC)CSC1C. The van der Waals surface area contributed by atoms with E-state index < -0.39 is 0 Å². The molecule has 0 amide bonds. The van der Waals surface area contributed by atoms with Crippen LogP contribution in [0.4, 0.5) is 0 Å². The van der Waals surface area contributed by atoms with E-state index in [2.05, 4.69) is 31.9 Å². The molecule has 0 aromatic heterocycles.